The first-order valence-corrected chi connectivity index (χ1v) is 6.11. The van der Waals surface area contributed by atoms with E-state index >= 15 is 0 Å². The molecule has 4 nitrogen and oxygen atoms in total. The van der Waals surface area contributed by atoms with Gasteiger partial charge in [0.1, 0.15) is 5.82 Å². The molecule has 0 fully saturated rings. The number of rotatable bonds is 4. The van der Waals surface area contributed by atoms with Crippen molar-refractivity contribution in [2.45, 2.75) is 13.8 Å². The number of halogens is 2. The van der Waals surface area contributed by atoms with Crippen LogP contribution in [0.25, 0.3) is 0 Å². The zero-order valence-electron chi connectivity index (χ0n) is 9.91. The average molecular weight is 318 g/mol. The first kappa shape index (κ1) is 14.6. The number of hydrogen-bond donors (Lipinski definition) is 2. The van der Waals surface area contributed by atoms with Gasteiger partial charge in [-0.2, -0.15) is 0 Å². The zero-order valence-corrected chi connectivity index (χ0v) is 11.5. The summed E-state index contributed by atoms with van der Waals surface area (Å²) in [5.41, 5.74) is 0.0349. The third kappa shape index (κ3) is 3.53. The Hall–Kier alpha value is -1.43. The summed E-state index contributed by atoms with van der Waals surface area (Å²) in [4.78, 5) is 22.5. The largest absolute Gasteiger partial charge is 0.481 e. The number of carboxylic acid groups (broad SMARTS) is 1. The van der Waals surface area contributed by atoms with E-state index in [1.807, 2.05) is 0 Å². The normalized spacial score (nSPS) is 13.8. The van der Waals surface area contributed by atoms with Crippen molar-refractivity contribution in [3.8, 4) is 0 Å². The number of carbonyl (C=O) groups is 2. The summed E-state index contributed by atoms with van der Waals surface area (Å²) in [6.45, 7) is 2.93. The number of carboxylic acids is 1. The monoisotopic (exact) mass is 317 g/mol. The summed E-state index contributed by atoms with van der Waals surface area (Å²) >= 11 is 3.10. The molecule has 0 spiro atoms. The van der Waals surface area contributed by atoms with Crippen molar-refractivity contribution in [1.29, 1.82) is 0 Å². The molecule has 1 aromatic rings. The highest BCUT2D eigenvalue weighted by molar-refractivity contribution is 9.10. The van der Waals surface area contributed by atoms with E-state index in [0.717, 1.165) is 0 Å². The Morgan fingerprint density at radius 1 is 1.33 bits per heavy atom. The molecule has 0 saturated heterocycles. The topological polar surface area (TPSA) is 66.4 Å². The lowest BCUT2D eigenvalue weighted by Crippen LogP contribution is -2.30. The van der Waals surface area contributed by atoms with Gasteiger partial charge in [0, 0.05) is 10.4 Å². The number of hydrogen-bond acceptors (Lipinski definition) is 2. The van der Waals surface area contributed by atoms with Gasteiger partial charge in [-0.25, -0.2) is 4.39 Å². The lowest BCUT2D eigenvalue weighted by Gasteiger charge is -2.16. The lowest BCUT2D eigenvalue weighted by atomic mass is 9.95. The number of anilines is 1. The molecule has 0 saturated carbocycles. The summed E-state index contributed by atoms with van der Waals surface area (Å²) in [6, 6.07) is 4.22. The van der Waals surface area contributed by atoms with Crippen LogP contribution < -0.4 is 5.32 Å². The third-order valence-corrected chi connectivity index (χ3v) is 3.24. The number of aliphatic carboxylic acids is 1. The lowest BCUT2D eigenvalue weighted by molar-refractivity contribution is -0.145. The molecule has 98 valence electrons. The fourth-order valence-electron chi connectivity index (χ4n) is 1.28. The number of carbonyl (C=O) groups excluding carboxylic acids is 1. The molecular formula is C12H13BrFNO3. The Labute approximate surface area is 112 Å². The maximum Gasteiger partial charge on any atom is 0.307 e. The maximum atomic E-state index is 13.5. The minimum absolute atomic E-state index is 0.0349. The van der Waals surface area contributed by atoms with E-state index in [1.54, 1.807) is 6.07 Å². The molecule has 2 N–H and O–H groups in total. The van der Waals surface area contributed by atoms with E-state index in [-0.39, 0.29) is 5.69 Å². The highest BCUT2D eigenvalue weighted by atomic mass is 79.9. The summed E-state index contributed by atoms with van der Waals surface area (Å²) in [7, 11) is 0. The molecule has 1 aromatic carbocycles. The molecule has 0 heterocycles. The molecule has 2 atom stereocenters. The summed E-state index contributed by atoms with van der Waals surface area (Å²) in [5, 5.41) is 11.2. The Balaban J connectivity index is 2.78. The fraction of sp³-hybridized carbons (Fsp3) is 0.333. The second-order valence-electron chi connectivity index (χ2n) is 4.03. The van der Waals surface area contributed by atoms with Gasteiger partial charge in [-0.15, -0.1) is 0 Å². The molecule has 18 heavy (non-hydrogen) atoms. The van der Waals surface area contributed by atoms with Gasteiger partial charge >= 0.3 is 5.97 Å². The Kier molecular flexibility index (Phi) is 4.84. The van der Waals surface area contributed by atoms with Gasteiger partial charge in [-0.3, -0.25) is 9.59 Å². The minimum Gasteiger partial charge on any atom is -0.481 e. The first-order valence-electron chi connectivity index (χ1n) is 5.31. The van der Waals surface area contributed by atoms with Gasteiger partial charge < -0.3 is 10.4 Å². The molecule has 0 radical (unpaired) electrons. The van der Waals surface area contributed by atoms with Gasteiger partial charge in [0.2, 0.25) is 5.91 Å². The smallest absolute Gasteiger partial charge is 0.307 e. The van der Waals surface area contributed by atoms with Gasteiger partial charge in [-0.05, 0) is 18.2 Å². The van der Waals surface area contributed by atoms with Crippen LogP contribution in [-0.2, 0) is 9.59 Å². The second-order valence-corrected chi connectivity index (χ2v) is 4.94. The Morgan fingerprint density at radius 2 is 1.94 bits per heavy atom. The van der Waals surface area contributed by atoms with Crippen LogP contribution in [0.5, 0.6) is 0 Å². The maximum absolute atomic E-state index is 13.5. The van der Waals surface area contributed by atoms with E-state index in [0.29, 0.717) is 4.47 Å². The molecule has 6 heteroatoms. The van der Waals surface area contributed by atoms with Crippen LogP contribution in [0.15, 0.2) is 22.7 Å². The Bertz CT molecular complexity index is 478. The summed E-state index contributed by atoms with van der Waals surface area (Å²) in [5.74, 6) is -3.73. The molecule has 0 aliphatic rings. The van der Waals surface area contributed by atoms with E-state index in [4.69, 9.17) is 5.11 Å². The van der Waals surface area contributed by atoms with E-state index in [9.17, 15) is 14.0 Å². The predicted molar refractivity (Wildman–Crippen MR) is 68.7 cm³/mol. The summed E-state index contributed by atoms with van der Waals surface area (Å²) in [6.07, 6.45) is 0. The van der Waals surface area contributed by atoms with Crippen LogP contribution in [0.3, 0.4) is 0 Å². The highest BCUT2D eigenvalue weighted by Gasteiger charge is 2.26. The van der Waals surface area contributed by atoms with Crippen molar-refractivity contribution in [2.24, 2.45) is 11.8 Å². The molecule has 1 rings (SSSR count). The molecule has 1 amide bonds. The van der Waals surface area contributed by atoms with E-state index in [1.165, 1.54) is 26.0 Å². The number of benzene rings is 1. The first-order chi connectivity index (χ1) is 8.32. The van der Waals surface area contributed by atoms with Crippen LogP contribution in [0.4, 0.5) is 10.1 Å². The predicted octanol–water partition coefficient (Wildman–Crippen LogP) is 2.88. The molecule has 0 aromatic heterocycles. The standard InChI is InChI=1S/C12H13BrFNO3/c1-6(7(2)12(17)18)11(16)15-10-4-3-8(13)5-9(10)14/h3-7H,1-2H3,(H,15,16)(H,17,18). The molecule has 0 aliphatic heterocycles. The van der Waals surface area contributed by atoms with Crippen molar-refractivity contribution >= 4 is 33.5 Å². The molecule has 0 bridgehead atoms. The molecule has 0 aliphatic carbocycles. The van der Waals surface area contributed by atoms with Crippen molar-refractivity contribution in [3.05, 3.63) is 28.5 Å². The molecule has 2 unspecified atom stereocenters. The SMILES string of the molecule is CC(C(=O)O)C(C)C(=O)Nc1ccc(Br)cc1F. The quantitative estimate of drug-likeness (QED) is 0.897. The molecular weight excluding hydrogens is 305 g/mol. The van der Waals surface area contributed by atoms with Crippen LogP contribution in [0, 0.1) is 17.7 Å². The Morgan fingerprint density at radius 3 is 2.44 bits per heavy atom. The van der Waals surface area contributed by atoms with Crippen molar-refractivity contribution in [2.75, 3.05) is 5.32 Å². The van der Waals surface area contributed by atoms with Gasteiger partial charge in [0.05, 0.1) is 11.6 Å². The van der Waals surface area contributed by atoms with Gasteiger partial charge in [-0.1, -0.05) is 29.8 Å². The van der Waals surface area contributed by atoms with Crippen molar-refractivity contribution in [3.63, 3.8) is 0 Å². The minimum atomic E-state index is -1.06. The van der Waals surface area contributed by atoms with Crippen LogP contribution in [-0.4, -0.2) is 17.0 Å². The zero-order chi connectivity index (χ0) is 13.9. The number of nitrogens with one attached hydrogen (secondary N) is 1. The van der Waals surface area contributed by atoms with E-state index < -0.39 is 29.5 Å². The van der Waals surface area contributed by atoms with Crippen molar-refractivity contribution in [1.82, 2.24) is 0 Å². The third-order valence-electron chi connectivity index (χ3n) is 2.74. The van der Waals surface area contributed by atoms with Crippen molar-refractivity contribution < 1.29 is 19.1 Å². The second kappa shape index (κ2) is 5.95. The average Bonchev–Trinajstić information content (AvgIpc) is 2.30. The highest BCUT2D eigenvalue weighted by Crippen LogP contribution is 2.21. The van der Waals surface area contributed by atoms with Crippen LogP contribution >= 0.6 is 15.9 Å². The van der Waals surface area contributed by atoms with E-state index in [2.05, 4.69) is 21.2 Å². The van der Waals surface area contributed by atoms with Gasteiger partial charge in [0.15, 0.2) is 0 Å². The number of amides is 1. The van der Waals surface area contributed by atoms with Gasteiger partial charge in [0.25, 0.3) is 0 Å². The van der Waals surface area contributed by atoms with Crippen LogP contribution in [0.2, 0.25) is 0 Å². The van der Waals surface area contributed by atoms with Crippen LogP contribution in [0.1, 0.15) is 13.8 Å². The fourth-order valence-corrected chi connectivity index (χ4v) is 1.61. The summed E-state index contributed by atoms with van der Waals surface area (Å²) < 4.78 is 14.0.